The van der Waals surface area contributed by atoms with E-state index in [0.717, 1.165) is 44.7 Å². The molecule has 0 radical (unpaired) electrons. The molecule has 11 rings (SSSR count). The largest absolute Gasteiger partial charge is 0.309 e. The maximum Gasteiger partial charge on any atom is 0.164 e. The fourth-order valence-corrected chi connectivity index (χ4v) is 8.16. The highest BCUT2D eigenvalue weighted by molar-refractivity contribution is 6.19. The van der Waals surface area contributed by atoms with Crippen molar-refractivity contribution in [2.24, 2.45) is 0 Å². The minimum Gasteiger partial charge on any atom is -0.309 e. The van der Waals surface area contributed by atoms with Gasteiger partial charge in [-0.2, -0.15) is 0 Å². The summed E-state index contributed by atoms with van der Waals surface area (Å²) in [7, 11) is 0. The van der Waals surface area contributed by atoms with Crippen molar-refractivity contribution in [3.63, 3.8) is 0 Å². The van der Waals surface area contributed by atoms with Crippen molar-refractivity contribution in [1.82, 2.24) is 24.1 Å². The van der Waals surface area contributed by atoms with Gasteiger partial charge in [0.1, 0.15) is 0 Å². The fourth-order valence-electron chi connectivity index (χ4n) is 8.16. The van der Waals surface area contributed by atoms with Crippen LogP contribution in [0.4, 0.5) is 0 Å². The Kier molecular flexibility index (Phi) is 7.42. The van der Waals surface area contributed by atoms with Crippen LogP contribution in [0.15, 0.2) is 200 Å². The molecule has 0 fully saturated rings. The molecular weight excluding hydrogens is 683 g/mol. The van der Waals surface area contributed by atoms with E-state index < -0.39 is 0 Å². The Bertz CT molecular complexity index is 3180. The monoisotopic (exact) mass is 715 g/mol. The third kappa shape index (κ3) is 5.29. The first kappa shape index (κ1) is 31.9. The Morgan fingerprint density at radius 1 is 0.250 bits per heavy atom. The first-order chi connectivity index (χ1) is 27.8. The van der Waals surface area contributed by atoms with E-state index in [1.165, 1.54) is 38.1 Å². The molecule has 0 bridgehead atoms. The van der Waals surface area contributed by atoms with Crippen molar-refractivity contribution in [3.05, 3.63) is 200 Å². The SMILES string of the molecule is c1ccc(-c2nc(-c3ccccc3)nc(-c3cccc(-c4cccc(-n5c6ccccc6c6cc7c8ccccc8n(-c8ccccc8)c7cc65)c4)c3)n2)cc1. The fraction of sp³-hybridized carbons (Fsp3) is 0. The molecule has 3 heterocycles. The zero-order valence-corrected chi connectivity index (χ0v) is 30.3. The van der Waals surface area contributed by atoms with Gasteiger partial charge in [0.15, 0.2) is 17.5 Å². The van der Waals surface area contributed by atoms with Gasteiger partial charge < -0.3 is 9.13 Å². The average molecular weight is 716 g/mol. The normalized spacial score (nSPS) is 11.6. The molecule has 0 spiro atoms. The number of hydrogen-bond donors (Lipinski definition) is 0. The maximum atomic E-state index is 5.00. The summed E-state index contributed by atoms with van der Waals surface area (Å²) in [5.74, 6) is 1.93. The molecule has 262 valence electrons. The van der Waals surface area contributed by atoms with E-state index in [0.29, 0.717) is 17.5 Å². The number of fused-ring (bicyclic) bond motifs is 6. The number of benzene rings is 8. The van der Waals surface area contributed by atoms with Crippen molar-refractivity contribution in [3.8, 4) is 56.7 Å². The first-order valence-corrected chi connectivity index (χ1v) is 18.9. The van der Waals surface area contributed by atoms with Crippen LogP contribution in [0.2, 0.25) is 0 Å². The van der Waals surface area contributed by atoms with Gasteiger partial charge in [-0.25, -0.2) is 15.0 Å². The second-order valence-electron chi connectivity index (χ2n) is 14.1. The summed E-state index contributed by atoms with van der Waals surface area (Å²) in [6, 6.07) is 70.4. The first-order valence-electron chi connectivity index (χ1n) is 18.9. The summed E-state index contributed by atoms with van der Waals surface area (Å²) in [6.07, 6.45) is 0. The van der Waals surface area contributed by atoms with Crippen LogP contribution in [0.1, 0.15) is 0 Å². The zero-order chi connectivity index (χ0) is 37.0. The van der Waals surface area contributed by atoms with Gasteiger partial charge >= 0.3 is 0 Å². The van der Waals surface area contributed by atoms with Crippen LogP contribution in [0.5, 0.6) is 0 Å². The highest BCUT2D eigenvalue weighted by Gasteiger charge is 2.19. The summed E-state index contributed by atoms with van der Waals surface area (Å²) in [5.41, 5.74) is 12.0. The van der Waals surface area contributed by atoms with E-state index in [4.69, 9.17) is 15.0 Å². The molecule has 5 nitrogen and oxygen atoms in total. The third-order valence-electron chi connectivity index (χ3n) is 10.7. The molecule has 8 aromatic carbocycles. The number of nitrogens with zero attached hydrogens (tertiary/aromatic N) is 5. The summed E-state index contributed by atoms with van der Waals surface area (Å²) in [6.45, 7) is 0. The second kappa shape index (κ2) is 13.0. The lowest BCUT2D eigenvalue weighted by atomic mass is 10.0. The van der Waals surface area contributed by atoms with Crippen LogP contribution in [-0.2, 0) is 0 Å². The molecule has 0 aliphatic carbocycles. The van der Waals surface area contributed by atoms with Crippen LogP contribution in [0.3, 0.4) is 0 Å². The standard InChI is InChI=1S/C51H33N5/c1-4-16-34(17-5-1)49-52-50(35-18-6-2-7-19-35)54-51(53-49)38-22-14-20-36(30-38)37-21-15-25-40(31-37)56-46-29-13-11-27-42(46)44-32-43-41-26-10-12-28-45(41)55(47(43)33-48(44)56)39-23-8-3-9-24-39/h1-33H. The number of hydrogen-bond acceptors (Lipinski definition) is 3. The van der Waals surface area contributed by atoms with E-state index in [9.17, 15) is 0 Å². The van der Waals surface area contributed by atoms with E-state index in [1.807, 2.05) is 60.7 Å². The molecule has 3 aromatic heterocycles. The smallest absolute Gasteiger partial charge is 0.164 e. The molecule has 0 aliphatic heterocycles. The Labute approximate surface area is 323 Å². The number of rotatable bonds is 6. The predicted octanol–water partition coefficient (Wildman–Crippen LogP) is 12.7. The lowest BCUT2D eigenvalue weighted by Crippen LogP contribution is -2.00. The minimum atomic E-state index is 0.635. The van der Waals surface area contributed by atoms with Gasteiger partial charge in [-0.3, -0.25) is 0 Å². The Morgan fingerprint density at radius 3 is 1.25 bits per heavy atom. The highest BCUT2D eigenvalue weighted by atomic mass is 15.0. The van der Waals surface area contributed by atoms with Gasteiger partial charge in [-0.15, -0.1) is 0 Å². The number of aromatic nitrogens is 5. The molecule has 0 atom stereocenters. The van der Waals surface area contributed by atoms with Crippen molar-refractivity contribution in [2.75, 3.05) is 0 Å². The minimum absolute atomic E-state index is 0.635. The van der Waals surface area contributed by atoms with Gasteiger partial charge in [0.25, 0.3) is 0 Å². The quantitative estimate of drug-likeness (QED) is 0.172. The Hall–Kier alpha value is -7.63. The van der Waals surface area contributed by atoms with E-state index in [-0.39, 0.29) is 0 Å². The summed E-state index contributed by atoms with van der Waals surface area (Å²) in [5, 5.41) is 4.95. The summed E-state index contributed by atoms with van der Waals surface area (Å²) < 4.78 is 4.80. The molecule has 11 aromatic rings. The van der Waals surface area contributed by atoms with Gasteiger partial charge in [0, 0.05) is 49.6 Å². The zero-order valence-electron chi connectivity index (χ0n) is 30.3. The lowest BCUT2D eigenvalue weighted by Gasteiger charge is -2.12. The van der Waals surface area contributed by atoms with Crippen molar-refractivity contribution in [2.45, 2.75) is 0 Å². The van der Waals surface area contributed by atoms with Crippen LogP contribution in [-0.4, -0.2) is 24.1 Å². The summed E-state index contributed by atoms with van der Waals surface area (Å²) >= 11 is 0. The van der Waals surface area contributed by atoms with Crippen LogP contribution in [0, 0.1) is 0 Å². The van der Waals surface area contributed by atoms with Crippen LogP contribution < -0.4 is 0 Å². The topological polar surface area (TPSA) is 48.5 Å². The van der Waals surface area contributed by atoms with Crippen molar-refractivity contribution >= 4 is 43.6 Å². The Morgan fingerprint density at radius 2 is 0.661 bits per heavy atom. The maximum absolute atomic E-state index is 5.00. The van der Waals surface area contributed by atoms with Crippen molar-refractivity contribution in [1.29, 1.82) is 0 Å². The van der Waals surface area contributed by atoms with Crippen molar-refractivity contribution < 1.29 is 0 Å². The number of para-hydroxylation sites is 3. The molecule has 0 N–H and O–H groups in total. The molecule has 0 saturated heterocycles. The average Bonchev–Trinajstić information content (AvgIpc) is 3.78. The van der Waals surface area contributed by atoms with E-state index in [1.54, 1.807) is 0 Å². The van der Waals surface area contributed by atoms with Crippen LogP contribution in [0.25, 0.3) is 100 Å². The van der Waals surface area contributed by atoms with E-state index >= 15 is 0 Å². The molecule has 0 saturated carbocycles. The van der Waals surface area contributed by atoms with Gasteiger partial charge in [0.2, 0.25) is 0 Å². The second-order valence-corrected chi connectivity index (χ2v) is 14.1. The highest BCUT2D eigenvalue weighted by Crippen LogP contribution is 2.40. The van der Waals surface area contributed by atoms with E-state index in [2.05, 4.69) is 149 Å². The summed E-state index contributed by atoms with van der Waals surface area (Å²) in [4.78, 5) is 14.9. The molecule has 0 unspecified atom stereocenters. The molecule has 0 amide bonds. The van der Waals surface area contributed by atoms with Gasteiger partial charge in [-0.05, 0) is 65.7 Å². The van der Waals surface area contributed by atoms with Gasteiger partial charge in [0.05, 0.1) is 22.1 Å². The lowest BCUT2D eigenvalue weighted by molar-refractivity contribution is 1.07. The Balaban J connectivity index is 1.08. The molecule has 56 heavy (non-hydrogen) atoms. The molecule has 0 aliphatic rings. The van der Waals surface area contributed by atoms with Gasteiger partial charge in [-0.1, -0.05) is 146 Å². The van der Waals surface area contributed by atoms with Crippen LogP contribution >= 0.6 is 0 Å². The molecular formula is C51H33N5. The third-order valence-corrected chi connectivity index (χ3v) is 10.7. The predicted molar refractivity (Wildman–Crippen MR) is 230 cm³/mol. The molecule has 5 heteroatoms.